The topological polar surface area (TPSA) is 43.2 Å². The van der Waals surface area contributed by atoms with Crippen LogP contribution in [0.15, 0.2) is 0 Å². The molecule has 94 valence electrons. The minimum absolute atomic E-state index is 0.447. The second-order valence-electron chi connectivity index (χ2n) is 4.98. The second kappa shape index (κ2) is 4.74. The van der Waals surface area contributed by atoms with Crippen LogP contribution in [0.4, 0.5) is 0 Å². The molecule has 0 radical (unpaired) electrons. The van der Waals surface area contributed by atoms with Crippen LogP contribution >= 0.6 is 0 Å². The Morgan fingerprint density at radius 1 is 1.18 bits per heavy atom. The minimum Gasteiger partial charge on any atom is -0.379 e. The molecule has 3 rings (SSSR count). The van der Waals surface area contributed by atoms with Crippen molar-refractivity contribution in [1.82, 2.24) is 19.7 Å². The zero-order valence-electron chi connectivity index (χ0n) is 10.4. The molecule has 0 spiro atoms. The first-order valence-electron chi connectivity index (χ1n) is 6.56. The Labute approximate surface area is 102 Å². The molecule has 2 aliphatic rings. The normalized spacial score (nSPS) is 26.5. The quantitative estimate of drug-likeness (QED) is 0.730. The lowest BCUT2D eigenvalue weighted by atomic mass is 10.0. The molecule has 1 fully saturated rings. The van der Waals surface area contributed by atoms with Gasteiger partial charge in [0.2, 0.25) is 0 Å². The Bertz CT molecular complexity index is 390. The van der Waals surface area contributed by atoms with Crippen molar-refractivity contribution in [2.45, 2.75) is 38.3 Å². The van der Waals surface area contributed by atoms with Crippen LogP contribution < -0.4 is 0 Å². The molecular weight excluding hydrogens is 216 g/mol. The Balaban J connectivity index is 1.89. The standard InChI is InChI=1S/C12H20N4O/c1-15-6-3-2-4-10(15)12-14-13-11-5-8-17-9-7-16(11)12/h10H,2-9H2,1H3. The maximum Gasteiger partial charge on any atom is 0.150 e. The van der Waals surface area contributed by atoms with Gasteiger partial charge < -0.3 is 9.30 Å². The Morgan fingerprint density at radius 2 is 2.12 bits per heavy atom. The summed E-state index contributed by atoms with van der Waals surface area (Å²) in [5.41, 5.74) is 0. The summed E-state index contributed by atoms with van der Waals surface area (Å²) in [5.74, 6) is 2.24. The van der Waals surface area contributed by atoms with Crippen LogP contribution in [-0.4, -0.2) is 46.5 Å². The minimum atomic E-state index is 0.447. The molecule has 1 unspecified atom stereocenters. The molecule has 0 amide bonds. The van der Waals surface area contributed by atoms with Crippen molar-refractivity contribution in [3.8, 4) is 0 Å². The van der Waals surface area contributed by atoms with Crippen LogP contribution in [0.3, 0.4) is 0 Å². The lowest BCUT2D eigenvalue weighted by Crippen LogP contribution is -2.32. The molecule has 0 bridgehead atoms. The molecule has 1 saturated heterocycles. The fourth-order valence-electron chi connectivity index (χ4n) is 2.85. The molecule has 0 aliphatic carbocycles. The van der Waals surface area contributed by atoms with E-state index in [1.54, 1.807) is 0 Å². The fourth-order valence-corrected chi connectivity index (χ4v) is 2.85. The molecular formula is C12H20N4O. The van der Waals surface area contributed by atoms with Gasteiger partial charge in [0.25, 0.3) is 0 Å². The number of nitrogens with zero attached hydrogens (tertiary/aromatic N) is 4. The molecule has 0 saturated carbocycles. The van der Waals surface area contributed by atoms with Crippen molar-refractivity contribution in [3.63, 3.8) is 0 Å². The number of piperidine rings is 1. The van der Waals surface area contributed by atoms with Crippen molar-refractivity contribution in [2.24, 2.45) is 0 Å². The lowest BCUT2D eigenvalue weighted by molar-refractivity contribution is 0.136. The summed E-state index contributed by atoms with van der Waals surface area (Å²) in [6, 6.07) is 0.447. The molecule has 3 heterocycles. The van der Waals surface area contributed by atoms with E-state index in [2.05, 4.69) is 26.7 Å². The van der Waals surface area contributed by atoms with Crippen molar-refractivity contribution in [2.75, 3.05) is 26.8 Å². The highest BCUT2D eigenvalue weighted by molar-refractivity contribution is 5.04. The summed E-state index contributed by atoms with van der Waals surface area (Å²) in [7, 11) is 2.19. The third-order valence-corrected chi connectivity index (χ3v) is 3.85. The number of ether oxygens (including phenoxy) is 1. The van der Waals surface area contributed by atoms with Gasteiger partial charge in [0.1, 0.15) is 11.6 Å². The maximum atomic E-state index is 5.50. The third-order valence-electron chi connectivity index (χ3n) is 3.85. The van der Waals surface area contributed by atoms with Gasteiger partial charge in [0.15, 0.2) is 0 Å². The van der Waals surface area contributed by atoms with E-state index in [-0.39, 0.29) is 0 Å². The van der Waals surface area contributed by atoms with Crippen LogP contribution in [0.25, 0.3) is 0 Å². The largest absolute Gasteiger partial charge is 0.379 e. The van der Waals surface area contributed by atoms with Gasteiger partial charge in [-0.25, -0.2) is 0 Å². The molecule has 1 atom stereocenters. The van der Waals surface area contributed by atoms with E-state index in [1.807, 2.05) is 0 Å². The third kappa shape index (κ3) is 2.09. The van der Waals surface area contributed by atoms with Gasteiger partial charge in [-0.3, -0.25) is 4.90 Å². The van der Waals surface area contributed by atoms with Crippen LogP contribution in [-0.2, 0) is 17.7 Å². The predicted molar refractivity (Wildman–Crippen MR) is 63.8 cm³/mol. The second-order valence-corrected chi connectivity index (χ2v) is 4.98. The molecule has 0 N–H and O–H groups in total. The zero-order chi connectivity index (χ0) is 11.7. The first kappa shape index (κ1) is 11.2. The van der Waals surface area contributed by atoms with Gasteiger partial charge in [-0.1, -0.05) is 6.42 Å². The van der Waals surface area contributed by atoms with E-state index in [0.29, 0.717) is 6.04 Å². The van der Waals surface area contributed by atoms with Crippen LogP contribution in [0.1, 0.15) is 37.0 Å². The molecule has 5 heteroatoms. The maximum absolute atomic E-state index is 5.50. The van der Waals surface area contributed by atoms with E-state index in [1.165, 1.54) is 25.8 Å². The van der Waals surface area contributed by atoms with E-state index >= 15 is 0 Å². The van der Waals surface area contributed by atoms with Gasteiger partial charge in [-0.05, 0) is 26.4 Å². The van der Waals surface area contributed by atoms with E-state index < -0.39 is 0 Å². The highest BCUT2D eigenvalue weighted by atomic mass is 16.5. The highest BCUT2D eigenvalue weighted by Gasteiger charge is 2.27. The van der Waals surface area contributed by atoms with Gasteiger partial charge in [0.05, 0.1) is 19.3 Å². The number of hydrogen-bond acceptors (Lipinski definition) is 4. The van der Waals surface area contributed by atoms with E-state index in [9.17, 15) is 0 Å². The summed E-state index contributed by atoms with van der Waals surface area (Å²) < 4.78 is 7.78. The number of hydrogen-bond donors (Lipinski definition) is 0. The first-order chi connectivity index (χ1) is 8.36. The number of rotatable bonds is 1. The molecule has 5 nitrogen and oxygen atoms in total. The molecule has 1 aromatic heterocycles. The van der Waals surface area contributed by atoms with Crippen LogP contribution in [0.2, 0.25) is 0 Å². The van der Waals surface area contributed by atoms with Gasteiger partial charge in [0, 0.05) is 13.0 Å². The monoisotopic (exact) mass is 236 g/mol. The summed E-state index contributed by atoms with van der Waals surface area (Å²) >= 11 is 0. The number of fused-ring (bicyclic) bond motifs is 1. The van der Waals surface area contributed by atoms with Crippen LogP contribution in [0, 0.1) is 0 Å². The average molecular weight is 236 g/mol. The van der Waals surface area contributed by atoms with Crippen molar-refractivity contribution in [1.29, 1.82) is 0 Å². The molecule has 17 heavy (non-hydrogen) atoms. The van der Waals surface area contributed by atoms with Crippen LogP contribution in [0.5, 0.6) is 0 Å². The SMILES string of the molecule is CN1CCCCC1c1nnc2n1CCOCC2. The highest BCUT2D eigenvalue weighted by Crippen LogP contribution is 2.29. The first-order valence-corrected chi connectivity index (χ1v) is 6.56. The smallest absolute Gasteiger partial charge is 0.150 e. The van der Waals surface area contributed by atoms with Gasteiger partial charge >= 0.3 is 0 Å². The summed E-state index contributed by atoms with van der Waals surface area (Å²) in [6.45, 7) is 3.64. The Hall–Kier alpha value is -0.940. The summed E-state index contributed by atoms with van der Waals surface area (Å²) in [6.07, 6.45) is 4.70. The van der Waals surface area contributed by atoms with Crippen molar-refractivity contribution >= 4 is 0 Å². The summed E-state index contributed by atoms with van der Waals surface area (Å²) in [4.78, 5) is 2.41. The van der Waals surface area contributed by atoms with E-state index in [4.69, 9.17) is 4.74 Å². The average Bonchev–Trinajstić information content (AvgIpc) is 2.59. The molecule has 1 aromatic rings. The molecule has 0 aromatic carbocycles. The van der Waals surface area contributed by atoms with E-state index in [0.717, 1.165) is 37.8 Å². The van der Waals surface area contributed by atoms with Gasteiger partial charge in [-0.2, -0.15) is 0 Å². The van der Waals surface area contributed by atoms with Crippen molar-refractivity contribution in [3.05, 3.63) is 11.6 Å². The Morgan fingerprint density at radius 3 is 3.00 bits per heavy atom. The number of aromatic nitrogens is 3. The predicted octanol–water partition coefficient (Wildman–Crippen LogP) is 1.01. The lowest BCUT2D eigenvalue weighted by Gasteiger charge is -2.31. The zero-order valence-corrected chi connectivity index (χ0v) is 10.4. The van der Waals surface area contributed by atoms with Crippen molar-refractivity contribution < 1.29 is 4.74 Å². The summed E-state index contributed by atoms with van der Waals surface area (Å²) in [5, 5.41) is 8.76. The Kier molecular flexibility index (Phi) is 3.11. The van der Waals surface area contributed by atoms with Gasteiger partial charge in [-0.15, -0.1) is 10.2 Å². The molecule has 2 aliphatic heterocycles. The number of likely N-dealkylation sites (tertiary alicyclic amines) is 1. The fraction of sp³-hybridized carbons (Fsp3) is 0.833.